The van der Waals surface area contributed by atoms with Crippen LogP contribution >= 0.6 is 12.0 Å². The van der Waals surface area contributed by atoms with E-state index in [2.05, 4.69) is 6.92 Å². The Balaban J connectivity index is 1.75. The van der Waals surface area contributed by atoms with Crippen LogP contribution in [0.3, 0.4) is 0 Å². The number of hydrogen-bond acceptors (Lipinski definition) is 4. The Morgan fingerprint density at radius 2 is 1.62 bits per heavy atom. The molecule has 0 fully saturated rings. The molecule has 0 atom stereocenters. The van der Waals surface area contributed by atoms with E-state index in [9.17, 15) is 10.1 Å². The highest BCUT2D eigenvalue weighted by molar-refractivity contribution is 7.95. The molecule has 0 spiro atoms. The SMILES string of the molecule is CCCCCCCCc1cccc([N+](=O)[O-])c1OSc1cccc2ccccc12. The van der Waals surface area contributed by atoms with Gasteiger partial charge in [-0.2, -0.15) is 0 Å². The first-order valence-electron chi connectivity index (χ1n) is 10.3. The summed E-state index contributed by atoms with van der Waals surface area (Å²) in [4.78, 5) is 12.2. The van der Waals surface area contributed by atoms with Gasteiger partial charge in [0.05, 0.1) is 21.9 Å². The van der Waals surface area contributed by atoms with E-state index in [1.54, 1.807) is 6.07 Å². The quantitative estimate of drug-likeness (QED) is 0.141. The van der Waals surface area contributed by atoms with Crippen LogP contribution in [0.25, 0.3) is 10.8 Å². The lowest BCUT2D eigenvalue weighted by molar-refractivity contribution is -0.385. The maximum absolute atomic E-state index is 11.6. The molecule has 0 aliphatic carbocycles. The topological polar surface area (TPSA) is 52.4 Å². The second-order valence-electron chi connectivity index (χ2n) is 7.18. The van der Waals surface area contributed by atoms with E-state index in [0.717, 1.165) is 40.5 Å². The average molecular weight is 410 g/mol. The number of fused-ring (bicyclic) bond motifs is 1. The van der Waals surface area contributed by atoms with Crippen molar-refractivity contribution in [1.29, 1.82) is 0 Å². The number of nitro groups is 1. The number of rotatable bonds is 11. The molecule has 29 heavy (non-hydrogen) atoms. The van der Waals surface area contributed by atoms with Gasteiger partial charge in [0.2, 0.25) is 5.75 Å². The third-order valence-electron chi connectivity index (χ3n) is 5.04. The van der Waals surface area contributed by atoms with Crippen molar-refractivity contribution in [2.45, 2.75) is 56.8 Å². The summed E-state index contributed by atoms with van der Waals surface area (Å²) in [6.07, 6.45) is 7.91. The largest absolute Gasteiger partial charge is 0.413 e. The Morgan fingerprint density at radius 3 is 2.45 bits per heavy atom. The Kier molecular flexibility index (Phi) is 7.94. The van der Waals surface area contributed by atoms with Crippen LogP contribution in [-0.4, -0.2) is 4.92 Å². The highest BCUT2D eigenvalue weighted by Crippen LogP contribution is 2.37. The number of nitrogens with zero attached hydrogens (tertiary/aromatic N) is 1. The van der Waals surface area contributed by atoms with E-state index in [1.165, 1.54) is 43.8 Å². The standard InChI is InChI=1S/C24H27NO3S/c1-2-3-4-5-6-7-13-20-15-10-17-22(25(26)27)24(20)28-29-23-18-11-14-19-12-8-9-16-21(19)23/h8-12,14-18H,2-7,13H2,1H3. The molecular formula is C24H27NO3S. The molecule has 3 rings (SSSR count). The number of aryl methyl sites for hydroxylation is 1. The van der Waals surface area contributed by atoms with E-state index < -0.39 is 0 Å². The zero-order chi connectivity index (χ0) is 20.5. The van der Waals surface area contributed by atoms with Crippen molar-refractivity contribution >= 4 is 28.5 Å². The molecule has 0 aliphatic rings. The maximum Gasteiger partial charge on any atom is 0.312 e. The fourth-order valence-corrected chi connectivity index (χ4v) is 4.23. The zero-order valence-corrected chi connectivity index (χ0v) is 17.6. The van der Waals surface area contributed by atoms with E-state index in [4.69, 9.17) is 4.18 Å². The summed E-state index contributed by atoms with van der Waals surface area (Å²) < 4.78 is 5.99. The molecule has 0 aliphatic heterocycles. The van der Waals surface area contributed by atoms with Crippen LogP contribution in [-0.2, 0) is 6.42 Å². The van der Waals surface area contributed by atoms with Gasteiger partial charge in [-0.15, -0.1) is 0 Å². The molecule has 0 bridgehead atoms. The molecule has 0 radical (unpaired) electrons. The second kappa shape index (κ2) is 10.9. The first-order chi connectivity index (χ1) is 14.2. The highest BCUT2D eigenvalue weighted by atomic mass is 32.2. The van der Waals surface area contributed by atoms with Crippen LogP contribution in [0.15, 0.2) is 65.6 Å². The van der Waals surface area contributed by atoms with Crippen LogP contribution in [0.2, 0.25) is 0 Å². The van der Waals surface area contributed by atoms with Crippen molar-refractivity contribution in [2.75, 3.05) is 0 Å². The minimum absolute atomic E-state index is 0.0289. The van der Waals surface area contributed by atoms with Crippen molar-refractivity contribution in [3.8, 4) is 5.75 Å². The first kappa shape index (κ1) is 21.2. The maximum atomic E-state index is 11.6. The number of nitro benzene ring substituents is 1. The van der Waals surface area contributed by atoms with Gasteiger partial charge in [0.25, 0.3) is 0 Å². The van der Waals surface area contributed by atoms with Gasteiger partial charge >= 0.3 is 5.69 Å². The van der Waals surface area contributed by atoms with Gasteiger partial charge in [-0.25, -0.2) is 0 Å². The van der Waals surface area contributed by atoms with Crippen molar-refractivity contribution in [3.63, 3.8) is 0 Å². The van der Waals surface area contributed by atoms with Gasteiger partial charge in [-0.1, -0.05) is 87.6 Å². The molecule has 3 aromatic rings. The van der Waals surface area contributed by atoms with Crippen molar-refractivity contribution in [2.24, 2.45) is 0 Å². The number of para-hydroxylation sites is 1. The molecule has 0 aromatic heterocycles. The number of hydrogen-bond donors (Lipinski definition) is 0. The molecule has 0 unspecified atom stereocenters. The third-order valence-corrected chi connectivity index (χ3v) is 5.82. The Hall–Kier alpha value is -2.53. The predicted octanol–water partition coefficient (Wildman–Crippen LogP) is 7.74. The third kappa shape index (κ3) is 5.73. The lowest BCUT2D eigenvalue weighted by Crippen LogP contribution is -1.98. The summed E-state index contributed by atoms with van der Waals surface area (Å²) in [7, 11) is 0. The fraction of sp³-hybridized carbons (Fsp3) is 0.333. The normalized spacial score (nSPS) is 10.9. The molecule has 5 heteroatoms. The van der Waals surface area contributed by atoms with E-state index in [-0.39, 0.29) is 10.6 Å². The monoisotopic (exact) mass is 409 g/mol. The molecular weight excluding hydrogens is 382 g/mol. The van der Waals surface area contributed by atoms with Gasteiger partial charge in [-0.05, 0) is 29.7 Å². The van der Waals surface area contributed by atoms with E-state index in [0.29, 0.717) is 5.75 Å². The fourth-order valence-electron chi connectivity index (χ4n) is 3.46. The summed E-state index contributed by atoms with van der Waals surface area (Å²) in [6.45, 7) is 2.21. The van der Waals surface area contributed by atoms with Crippen molar-refractivity contribution in [3.05, 3.63) is 76.3 Å². The van der Waals surface area contributed by atoms with Gasteiger partial charge in [0.1, 0.15) is 0 Å². The lowest BCUT2D eigenvalue weighted by Gasteiger charge is -2.11. The van der Waals surface area contributed by atoms with Crippen LogP contribution in [0.5, 0.6) is 5.75 Å². The zero-order valence-electron chi connectivity index (χ0n) is 16.8. The highest BCUT2D eigenvalue weighted by Gasteiger charge is 2.20. The molecule has 4 nitrogen and oxygen atoms in total. The van der Waals surface area contributed by atoms with Crippen LogP contribution in [0.4, 0.5) is 5.69 Å². The Labute approximate surface area is 176 Å². The van der Waals surface area contributed by atoms with Gasteiger partial charge < -0.3 is 4.18 Å². The summed E-state index contributed by atoms with van der Waals surface area (Å²) in [5.74, 6) is 0.379. The van der Waals surface area contributed by atoms with Crippen LogP contribution in [0, 0.1) is 10.1 Å². The molecule has 0 heterocycles. The van der Waals surface area contributed by atoms with Crippen molar-refractivity contribution in [1.82, 2.24) is 0 Å². The smallest absolute Gasteiger partial charge is 0.312 e. The second-order valence-corrected chi connectivity index (χ2v) is 7.96. The van der Waals surface area contributed by atoms with E-state index in [1.807, 2.05) is 48.5 Å². The van der Waals surface area contributed by atoms with Crippen LogP contribution < -0.4 is 4.18 Å². The lowest BCUT2D eigenvalue weighted by atomic mass is 10.0. The summed E-state index contributed by atoms with van der Waals surface area (Å²) >= 11 is 1.19. The number of unbranched alkanes of at least 4 members (excludes halogenated alkanes) is 5. The predicted molar refractivity (Wildman–Crippen MR) is 121 cm³/mol. The molecule has 0 saturated carbocycles. The van der Waals surface area contributed by atoms with Gasteiger partial charge in [0.15, 0.2) is 0 Å². The van der Waals surface area contributed by atoms with Crippen molar-refractivity contribution < 1.29 is 9.11 Å². The Bertz CT molecular complexity index is 953. The summed E-state index contributed by atoms with van der Waals surface area (Å²) in [5, 5.41) is 13.8. The number of benzene rings is 3. The average Bonchev–Trinajstić information content (AvgIpc) is 2.74. The van der Waals surface area contributed by atoms with Gasteiger partial charge in [-0.3, -0.25) is 10.1 Å². The molecule has 0 amide bonds. The molecule has 0 saturated heterocycles. The van der Waals surface area contributed by atoms with Gasteiger partial charge in [0, 0.05) is 11.6 Å². The Morgan fingerprint density at radius 1 is 0.897 bits per heavy atom. The molecule has 3 aromatic carbocycles. The minimum Gasteiger partial charge on any atom is -0.413 e. The molecule has 0 N–H and O–H groups in total. The minimum atomic E-state index is -0.357. The van der Waals surface area contributed by atoms with E-state index >= 15 is 0 Å². The summed E-state index contributed by atoms with van der Waals surface area (Å²) in [5.41, 5.74) is 0.934. The molecule has 152 valence electrons. The first-order valence-corrected chi connectivity index (χ1v) is 11.0. The summed E-state index contributed by atoms with van der Waals surface area (Å²) in [6, 6.07) is 19.3. The van der Waals surface area contributed by atoms with Crippen LogP contribution in [0.1, 0.15) is 51.0 Å².